The smallest absolute Gasteiger partial charge is 0.303 e. The molecule has 37 heavy (non-hydrogen) atoms. The SMILES string of the molecule is Cc1ccc(CNC(=O)c2cn3cc(-c4ccc(C5CCC(CC(=O)O)CC5)cc4)ccc3n2)cc1F. The molecule has 0 bridgehead atoms. The second-order valence-electron chi connectivity index (χ2n) is 10.0. The van der Waals surface area contributed by atoms with Crippen molar-refractivity contribution >= 4 is 17.5 Å². The highest BCUT2D eigenvalue weighted by molar-refractivity contribution is 5.92. The highest BCUT2D eigenvalue weighted by atomic mass is 19.1. The molecular formula is C30H30FN3O3. The van der Waals surface area contributed by atoms with Crippen LogP contribution in [0.2, 0.25) is 0 Å². The van der Waals surface area contributed by atoms with E-state index in [1.807, 2.05) is 22.7 Å². The summed E-state index contributed by atoms with van der Waals surface area (Å²) in [7, 11) is 0. The Morgan fingerprint density at radius 2 is 1.73 bits per heavy atom. The lowest BCUT2D eigenvalue weighted by molar-refractivity contribution is -0.138. The maximum absolute atomic E-state index is 13.8. The van der Waals surface area contributed by atoms with Crippen molar-refractivity contribution < 1.29 is 19.1 Å². The molecule has 2 aromatic carbocycles. The predicted octanol–water partition coefficient (Wildman–Crippen LogP) is 6.13. The largest absolute Gasteiger partial charge is 0.481 e. The van der Waals surface area contributed by atoms with E-state index in [9.17, 15) is 14.0 Å². The molecule has 190 valence electrons. The Bertz CT molecular complexity index is 1440. The Morgan fingerprint density at radius 1 is 1.00 bits per heavy atom. The third kappa shape index (κ3) is 5.71. The summed E-state index contributed by atoms with van der Waals surface area (Å²) in [6.45, 7) is 1.93. The molecule has 1 amide bonds. The number of carboxylic acids is 1. The van der Waals surface area contributed by atoms with Crippen molar-refractivity contribution in [2.24, 2.45) is 5.92 Å². The minimum Gasteiger partial charge on any atom is -0.481 e. The first-order valence-electron chi connectivity index (χ1n) is 12.7. The summed E-state index contributed by atoms with van der Waals surface area (Å²) in [5, 5.41) is 11.8. The number of aryl methyl sites for hydroxylation is 1. The van der Waals surface area contributed by atoms with Crippen molar-refractivity contribution in [3.8, 4) is 11.1 Å². The molecule has 2 N–H and O–H groups in total. The number of pyridine rings is 1. The fourth-order valence-electron chi connectivity index (χ4n) is 5.19. The number of carboxylic acid groups (broad SMARTS) is 1. The van der Waals surface area contributed by atoms with Gasteiger partial charge in [0.05, 0.1) is 0 Å². The molecule has 0 atom stereocenters. The summed E-state index contributed by atoms with van der Waals surface area (Å²) in [6.07, 6.45) is 7.93. The third-order valence-corrected chi connectivity index (χ3v) is 7.40. The Morgan fingerprint density at radius 3 is 2.43 bits per heavy atom. The summed E-state index contributed by atoms with van der Waals surface area (Å²) in [5.41, 5.74) is 5.63. The van der Waals surface area contributed by atoms with Gasteiger partial charge in [-0.1, -0.05) is 36.4 Å². The van der Waals surface area contributed by atoms with E-state index in [1.165, 1.54) is 11.6 Å². The molecule has 1 aliphatic rings. The lowest BCUT2D eigenvalue weighted by atomic mass is 9.77. The first kappa shape index (κ1) is 24.7. The van der Waals surface area contributed by atoms with Crippen molar-refractivity contribution in [1.82, 2.24) is 14.7 Å². The second-order valence-corrected chi connectivity index (χ2v) is 10.0. The number of hydrogen-bond acceptors (Lipinski definition) is 3. The zero-order valence-electron chi connectivity index (χ0n) is 20.8. The topological polar surface area (TPSA) is 83.7 Å². The molecule has 0 saturated heterocycles. The molecule has 0 unspecified atom stereocenters. The minimum absolute atomic E-state index is 0.225. The van der Waals surface area contributed by atoms with Gasteiger partial charge >= 0.3 is 5.97 Å². The Balaban J connectivity index is 1.24. The van der Waals surface area contributed by atoms with Gasteiger partial charge < -0.3 is 14.8 Å². The number of nitrogens with zero attached hydrogens (tertiary/aromatic N) is 2. The van der Waals surface area contributed by atoms with Crippen LogP contribution in [0.5, 0.6) is 0 Å². The van der Waals surface area contributed by atoms with Crippen LogP contribution in [0.3, 0.4) is 0 Å². The fraction of sp³-hybridized carbons (Fsp3) is 0.300. The van der Waals surface area contributed by atoms with Gasteiger partial charge in [-0.05, 0) is 90.5 Å². The molecule has 7 heteroatoms. The average molecular weight is 500 g/mol. The van der Waals surface area contributed by atoms with E-state index >= 15 is 0 Å². The van der Waals surface area contributed by atoms with Crippen LogP contribution in [-0.2, 0) is 11.3 Å². The number of rotatable bonds is 7. The standard InChI is InChI=1S/C30H30FN3O3/c1-19-2-3-21(14-26(19)31)16-32-30(37)27-18-34-17-25(12-13-28(34)33-27)24-10-8-23(9-11-24)22-6-4-20(5-7-22)15-29(35)36/h2-3,8-14,17-18,20,22H,4-7,15-16H2,1H3,(H,32,37)(H,35,36). The molecule has 5 rings (SSSR count). The van der Waals surface area contributed by atoms with Gasteiger partial charge in [0.1, 0.15) is 17.2 Å². The highest BCUT2D eigenvalue weighted by Gasteiger charge is 2.24. The van der Waals surface area contributed by atoms with Crippen LogP contribution in [0.1, 0.15) is 65.2 Å². The number of carbonyl (C=O) groups is 2. The Kier molecular flexibility index (Phi) is 7.04. The van der Waals surface area contributed by atoms with Gasteiger partial charge in [-0.3, -0.25) is 9.59 Å². The molecule has 2 aromatic heterocycles. The van der Waals surface area contributed by atoms with Crippen LogP contribution in [0.4, 0.5) is 4.39 Å². The molecular weight excluding hydrogens is 469 g/mol. The number of halogens is 1. The number of fused-ring (bicyclic) bond motifs is 1. The van der Waals surface area contributed by atoms with Crippen LogP contribution in [-0.4, -0.2) is 26.4 Å². The maximum atomic E-state index is 13.8. The van der Waals surface area contributed by atoms with E-state index in [2.05, 4.69) is 34.6 Å². The fourth-order valence-corrected chi connectivity index (χ4v) is 5.19. The van der Waals surface area contributed by atoms with Crippen molar-refractivity contribution in [3.05, 3.63) is 95.2 Å². The van der Waals surface area contributed by atoms with Crippen LogP contribution >= 0.6 is 0 Å². The Hall–Kier alpha value is -4.00. The number of hydrogen-bond donors (Lipinski definition) is 2. The first-order chi connectivity index (χ1) is 17.9. The van der Waals surface area contributed by atoms with Crippen molar-refractivity contribution in [2.45, 2.75) is 51.5 Å². The maximum Gasteiger partial charge on any atom is 0.303 e. The van der Waals surface area contributed by atoms with E-state index < -0.39 is 5.97 Å². The van der Waals surface area contributed by atoms with Gasteiger partial charge in [0, 0.05) is 25.4 Å². The van der Waals surface area contributed by atoms with Crippen molar-refractivity contribution in [2.75, 3.05) is 0 Å². The van der Waals surface area contributed by atoms with Crippen molar-refractivity contribution in [1.29, 1.82) is 0 Å². The molecule has 1 saturated carbocycles. The summed E-state index contributed by atoms with van der Waals surface area (Å²) in [6, 6.07) is 17.4. The normalized spacial score (nSPS) is 17.6. The molecule has 1 aliphatic carbocycles. The number of aliphatic carboxylic acids is 1. The monoisotopic (exact) mass is 499 g/mol. The first-order valence-corrected chi connectivity index (χ1v) is 12.7. The second kappa shape index (κ2) is 10.5. The summed E-state index contributed by atoms with van der Waals surface area (Å²) in [4.78, 5) is 28.0. The molecule has 0 aliphatic heterocycles. The van der Waals surface area contributed by atoms with Crippen LogP contribution in [0, 0.1) is 18.7 Å². The summed E-state index contributed by atoms with van der Waals surface area (Å²) < 4.78 is 15.6. The Labute approximate surface area is 215 Å². The van der Waals surface area contributed by atoms with E-state index in [1.54, 1.807) is 25.3 Å². The van der Waals surface area contributed by atoms with Crippen LogP contribution < -0.4 is 5.32 Å². The van der Waals surface area contributed by atoms with Gasteiger partial charge in [0.2, 0.25) is 0 Å². The predicted molar refractivity (Wildman–Crippen MR) is 140 cm³/mol. The van der Waals surface area contributed by atoms with Gasteiger partial charge in [-0.25, -0.2) is 9.37 Å². The van der Waals surface area contributed by atoms with Gasteiger partial charge in [-0.2, -0.15) is 0 Å². The quantitative estimate of drug-likeness (QED) is 0.321. The summed E-state index contributed by atoms with van der Waals surface area (Å²) >= 11 is 0. The zero-order chi connectivity index (χ0) is 25.9. The van der Waals surface area contributed by atoms with E-state index in [4.69, 9.17) is 5.11 Å². The number of nitrogens with one attached hydrogen (secondary N) is 1. The molecule has 6 nitrogen and oxygen atoms in total. The number of amides is 1. The highest BCUT2D eigenvalue weighted by Crippen LogP contribution is 2.37. The van der Waals surface area contributed by atoms with E-state index in [0.29, 0.717) is 34.3 Å². The molecule has 0 spiro atoms. The molecule has 4 aromatic rings. The van der Waals surface area contributed by atoms with Gasteiger partial charge in [-0.15, -0.1) is 0 Å². The van der Waals surface area contributed by atoms with Gasteiger partial charge in [0.15, 0.2) is 0 Å². The number of benzene rings is 2. The molecule has 1 fully saturated rings. The molecule has 2 heterocycles. The van der Waals surface area contributed by atoms with Crippen LogP contribution in [0.25, 0.3) is 16.8 Å². The zero-order valence-corrected chi connectivity index (χ0v) is 20.8. The van der Waals surface area contributed by atoms with Crippen molar-refractivity contribution in [3.63, 3.8) is 0 Å². The number of aromatic nitrogens is 2. The molecule has 0 radical (unpaired) electrons. The third-order valence-electron chi connectivity index (χ3n) is 7.40. The van der Waals surface area contributed by atoms with Gasteiger partial charge in [0.25, 0.3) is 5.91 Å². The minimum atomic E-state index is -0.700. The van der Waals surface area contributed by atoms with E-state index in [0.717, 1.165) is 36.8 Å². The average Bonchev–Trinajstić information content (AvgIpc) is 3.33. The number of carbonyl (C=O) groups excluding carboxylic acids is 1. The lowest BCUT2D eigenvalue weighted by Gasteiger charge is -2.28. The van der Waals surface area contributed by atoms with Crippen LogP contribution in [0.15, 0.2) is 67.0 Å². The van der Waals surface area contributed by atoms with E-state index in [-0.39, 0.29) is 24.7 Å². The number of imidazole rings is 1. The lowest BCUT2D eigenvalue weighted by Crippen LogP contribution is -2.23. The summed E-state index contributed by atoms with van der Waals surface area (Å²) in [5.74, 6) is -0.522.